The summed E-state index contributed by atoms with van der Waals surface area (Å²) in [5.74, 6) is 1.89. The molecular weight excluding hydrogens is 376 g/mol. The van der Waals surface area contributed by atoms with Gasteiger partial charge in [-0.3, -0.25) is 0 Å². The van der Waals surface area contributed by atoms with E-state index in [4.69, 9.17) is 17.2 Å². The monoisotopic (exact) mass is 408 g/mol. The second-order valence-corrected chi connectivity index (χ2v) is 8.49. The number of pyridine rings is 1. The minimum atomic E-state index is 0.143. The van der Waals surface area contributed by atoms with Crippen LogP contribution in [0.15, 0.2) is 30.7 Å². The zero-order valence-corrected chi connectivity index (χ0v) is 18.6. The third kappa shape index (κ3) is 4.03. The molecule has 158 valence electrons. The fourth-order valence-corrected chi connectivity index (χ4v) is 3.62. The fourth-order valence-electron chi connectivity index (χ4n) is 3.62. The minimum Gasteiger partial charge on any atom is -0.383 e. The standard InChI is InChI=1S/C22H32N8/c1-12(2)15-9-26-19(23)7-16(15)30-22(14(5)6)17(8-20(24)28-30)29-11-21(25)27-10-18(29)13(3)4/h7-14H,1-6H3,(H2,23,26)(H2,24,28)(H2,25,27)/q+2. The molecule has 0 unspecified atom stereocenters. The van der Waals surface area contributed by atoms with E-state index in [0.29, 0.717) is 17.5 Å². The van der Waals surface area contributed by atoms with Crippen molar-refractivity contribution in [3.05, 3.63) is 47.7 Å². The Morgan fingerprint density at radius 1 is 0.733 bits per heavy atom. The molecule has 30 heavy (non-hydrogen) atoms. The van der Waals surface area contributed by atoms with Gasteiger partial charge in [-0.15, -0.1) is 0 Å². The van der Waals surface area contributed by atoms with Crippen molar-refractivity contribution in [2.45, 2.75) is 59.3 Å². The molecule has 3 rings (SSSR count). The van der Waals surface area contributed by atoms with E-state index in [0.717, 1.165) is 28.3 Å². The molecule has 0 amide bonds. The number of rotatable bonds is 5. The fraction of sp³-hybridized carbons (Fsp3) is 0.409. The van der Waals surface area contributed by atoms with E-state index < -0.39 is 0 Å². The van der Waals surface area contributed by atoms with Gasteiger partial charge in [-0.1, -0.05) is 41.5 Å². The zero-order valence-electron chi connectivity index (χ0n) is 18.6. The van der Waals surface area contributed by atoms with Crippen molar-refractivity contribution in [3.63, 3.8) is 0 Å². The van der Waals surface area contributed by atoms with Crippen LogP contribution in [-0.2, 0) is 0 Å². The summed E-state index contributed by atoms with van der Waals surface area (Å²) in [7, 11) is 0. The van der Waals surface area contributed by atoms with Gasteiger partial charge < -0.3 is 17.2 Å². The predicted molar refractivity (Wildman–Crippen MR) is 118 cm³/mol. The number of anilines is 3. The van der Waals surface area contributed by atoms with Crippen molar-refractivity contribution >= 4 is 17.5 Å². The maximum atomic E-state index is 6.29. The Balaban J connectivity index is 2.43. The normalized spacial score (nSPS) is 11.6. The van der Waals surface area contributed by atoms with Gasteiger partial charge in [0.2, 0.25) is 17.6 Å². The Labute approximate surface area is 177 Å². The van der Waals surface area contributed by atoms with E-state index >= 15 is 0 Å². The molecule has 0 aromatic carbocycles. The average molecular weight is 409 g/mol. The zero-order chi connectivity index (χ0) is 22.2. The van der Waals surface area contributed by atoms with E-state index in [9.17, 15) is 0 Å². The van der Waals surface area contributed by atoms with Crippen molar-refractivity contribution in [1.82, 2.24) is 15.1 Å². The lowest BCUT2D eigenvalue weighted by molar-refractivity contribution is -0.683. The molecular formula is C22H32N8+2. The molecule has 8 heteroatoms. The molecule has 0 aliphatic carbocycles. The molecule has 8 nitrogen and oxygen atoms in total. The predicted octanol–water partition coefficient (Wildman–Crippen LogP) is 2.54. The highest BCUT2D eigenvalue weighted by Crippen LogP contribution is 2.25. The molecule has 0 aliphatic heterocycles. The van der Waals surface area contributed by atoms with Gasteiger partial charge in [0, 0.05) is 28.7 Å². The summed E-state index contributed by atoms with van der Waals surface area (Å²) in [4.78, 5) is 8.58. The molecule has 3 heterocycles. The SMILES string of the molecule is CC(C)c1cnc(N)cc1-[n+]1nc(N)cc(-[n+]2cc(N)ncc2C(C)C)c1C(C)C. The highest BCUT2D eigenvalue weighted by Gasteiger charge is 2.35. The van der Waals surface area contributed by atoms with Crippen LogP contribution in [-0.4, -0.2) is 15.1 Å². The Hall–Kier alpha value is -3.29. The topological polar surface area (TPSA) is 124 Å². The summed E-state index contributed by atoms with van der Waals surface area (Å²) in [5.41, 5.74) is 23.3. The highest BCUT2D eigenvalue weighted by molar-refractivity contribution is 5.45. The first kappa shape index (κ1) is 21.4. The quantitative estimate of drug-likeness (QED) is 0.557. The smallest absolute Gasteiger partial charge is 0.289 e. The van der Waals surface area contributed by atoms with E-state index in [2.05, 4.69) is 61.2 Å². The first-order valence-corrected chi connectivity index (χ1v) is 10.3. The highest BCUT2D eigenvalue weighted by atomic mass is 15.3. The van der Waals surface area contributed by atoms with Crippen LogP contribution in [0.3, 0.4) is 0 Å². The number of hydrogen-bond donors (Lipinski definition) is 3. The van der Waals surface area contributed by atoms with Gasteiger partial charge in [0.05, 0.1) is 18.3 Å². The molecule has 0 fully saturated rings. The molecule has 0 atom stereocenters. The Kier molecular flexibility index (Phi) is 5.87. The van der Waals surface area contributed by atoms with Crippen molar-refractivity contribution < 1.29 is 9.25 Å². The van der Waals surface area contributed by atoms with Crippen LogP contribution in [0.25, 0.3) is 11.4 Å². The summed E-state index contributed by atoms with van der Waals surface area (Å²) < 4.78 is 3.97. The van der Waals surface area contributed by atoms with Crippen molar-refractivity contribution in [2.24, 2.45) is 0 Å². The minimum absolute atomic E-state index is 0.143. The van der Waals surface area contributed by atoms with Crippen molar-refractivity contribution in [3.8, 4) is 11.4 Å². The molecule has 3 aromatic rings. The van der Waals surface area contributed by atoms with Crippen molar-refractivity contribution in [1.29, 1.82) is 0 Å². The number of nitrogens with two attached hydrogens (primary N) is 3. The van der Waals surface area contributed by atoms with Crippen LogP contribution >= 0.6 is 0 Å². The van der Waals surface area contributed by atoms with Crippen LogP contribution in [0.5, 0.6) is 0 Å². The molecule has 3 aromatic heterocycles. The number of hydrogen-bond acceptors (Lipinski definition) is 6. The number of nitrogen functional groups attached to an aromatic ring is 3. The van der Waals surface area contributed by atoms with E-state index in [1.807, 2.05) is 35.4 Å². The van der Waals surface area contributed by atoms with Crippen LogP contribution in [0.4, 0.5) is 17.5 Å². The Bertz CT molecular complexity index is 994. The summed E-state index contributed by atoms with van der Waals surface area (Å²) in [6.07, 6.45) is 5.47. The van der Waals surface area contributed by atoms with Crippen LogP contribution in [0.1, 0.15) is 76.2 Å². The third-order valence-electron chi connectivity index (χ3n) is 5.06. The maximum Gasteiger partial charge on any atom is 0.289 e. The van der Waals surface area contributed by atoms with Gasteiger partial charge in [-0.2, -0.15) is 4.57 Å². The maximum absolute atomic E-state index is 6.29. The number of nitrogens with zero attached hydrogens (tertiary/aromatic N) is 5. The first-order valence-electron chi connectivity index (χ1n) is 10.3. The lowest BCUT2D eigenvalue weighted by Crippen LogP contribution is -2.48. The van der Waals surface area contributed by atoms with Gasteiger partial charge in [-0.25, -0.2) is 9.97 Å². The second-order valence-electron chi connectivity index (χ2n) is 8.49. The molecule has 0 bridgehead atoms. The van der Waals surface area contributed by atoms with Gasteiger partial charge in [0.25, 0.3) is 11.4 Å². The number of aromatic nitrogens is 5. The lowest BCUT2D eigenvalue weighted by Gasteiger charge is -2.13. The van der Waals surface area contributed by atoms with Gasteiger partial charge in [-0.05, 0) is 10.6 Å². The van der Waals surface area contributed by atoms with Gasteiger partial charge >= 0.3 is 0 Å². The molecule has 0 saturated carbocycles. The van der Waals surface area contributed by atoms with E-state index in [1.54, 1.807) is 0 Å². The largest absolute Gasteiger partial charge is 0.383 e. The molecule has 0 spiro atoms. The van der Waals surface area contributed by atoms with E-state index in [-0.39, 0.29) is 17.8 Å². The van der Waals surface area contributed by atoms with Crippen molar-refractivity contribution in [2.75, 3.05) is 17.2 Å². The first-order chi connectivity index (χ1) is 14.1. The van der Waals surface area contributed by atoms with Crippen LogP contribution in [0, 0.1) is 0 Å². The summed E-state index contributed by atoms with van der Waals surface area (Å²) in [5, 5.41) is 4.68. The Morgan fingerprint density at radius 3 is 1.97 bits per heavy atom. The van der Waals surface area contributed by atoms with Crippen LogP contribution < -0.4 is 26.4 Å². The van der Waals surface area contributed by atoms with Crippen LogP contribution in [0.2, 0.25) is 0 Å². The summed E-state index contributed by atoms with van der Waals surface area (Å²) in [6, 6.07) is 3.74. The molecule has 6 N–H and O–H groups in total. The van der Waals surface area contributed by atoms with Gasteiger partial charge in [0.1, 0.15) is 5.82 Å². The summed E-state index contributed by atoms with van der Waals surface area (Å²) in [6.45, 7) is 12.7. The van der Waals surface area contributed by atoms with E-state index in [1.165, 1.54) is 0 Å². The third-order valence-corrected chi connectivity index (χ3v) is 5.06. The summed E-state index contributed by atoms with van der Waals surface area (Å²) >= 11 is 0. The molecule has 0 saturated heterocycles. The average Bonchev–Trinajstić information content (AvgIpc) is 2.66. The molecule has 0 aliphatic rings. The molecule has 0 radical (unpaired) electrons. The lowest BCUT2D eigenvalue weighted by atomic mass is 10.0. The second kappa shape index (κ2) is 8.22. The van der Waals surface area contributed by atoms with Gasteiger partial charge in [0.15, 0.2) is 11.6 Å². The Morgan fingerprint density at radius 2 is 1.37 bits per heavy atom.